The Labute approximate surface area is 83.7 Å². The predicted molar refractivity (Wildman–Crippen MR) is 56.9 cm³/mol. The van der Waals surface area contributed by atoms with Crippen LogP contribution < -0.4 is 0 Å². The van der Waals surface area contributed by atoms with Gasteiger partial charge in [0, 0.05) is 24.2 Å². The molecule has 0 N–H and O–H groups in total. The van der Waals surface area contributed by atoms with E-state index in [9.17, 15) is 0 Å². The minimum absolute atomic E-state index is 0.996. The van der Waals surface area contributed by atoms with Gasteiger partial charge in [-0.1, -0.05) is 0 Å². The van der Waals surface area contributed by atoms with Crippen LogP contribution in [0.3, 0.4) is 0 Å². The smallest absolute Gasteiger partial charge is 0.0722 e. The van der Waals surface area contributed by atoms with E-state index >= 15 is 0 Å². The van der Waals surface area contributed by atoms with Crippen LogP contribution >= 0.6 is 0 Å². The van der Waals surface area contributed by atoms with E-state index in [0.717, 1.165) is 11.3 Å². The summed E-state index contributed by atoms with van der Waals surface area (Å²) in [5.74, 6) is 0. The first-order chi connectivity index (χ1) is 6.77. The highest BCUT2D eigenvalue weighted by molar-refractivity contribution is 5.62. The SMILES string of the molecule is Cc1ccnc(-c2cnccc2C)c1. The molecule has 0 unspecified atom stereocenters. The second-order valence-electron chi connectivity index (χ2n) is 3.41. The molecule has 2 nitrogen and oxygen atoms in total. The maximum atomic E-state index is 4.33. The first-order valence-corrected chi connectivity index (χ1v) is 4.61. The molecule has 0 saturated heterocycles. The van der Waals surface area contributed by atoms with Crippen molar-refractivity contribution in [2.24, 2.45) is 0 Å². The van der Waals surface area contributed by atoms with Gasteiger partial charge in [0.25, 0.3) is 0 Å². The summed E-state index contributed by atoms with van der Waals surface area (Å²) in [7, 11) is 0. The van der Waals surface area contributed by atoms with Crippen LogP contribution in [0.25, 0.3) is 11.3 Å². The number of rotatable bonds is 1. The van der Waals surface area contributed by atoms with Gasteiger partial charge < -0.3 is 0 Å². The zero-order valence-corrected chi connectivity index (χ0v) is 8.36. The van der Waals surface area contributed by atoms with E-state index in [-0.39, 0.29) is 0 Å². The molecule has 0 atom stereocenters. The van der Waals surface area contributed by atoms with Gasteiger partial charge in [-0.25, -0.2) is 0 Å². The molecule has 0 radical (unpaired) electrons. The summed E-state index contributed by atoms with van der Waals surface area (Å²) in [4.78, 5) is 8.44. The van der Waals surface area contributed by atoms with Crippen LogP contribution in [0, 0.1) is 13.8 Å². The van der Waals surface area contributed by atoms with E-state index < -0.39 is 0 Å². The molecular formula is C12H12N2. The zero-order valence-electron chi connectivity index (χ0n) is 8.36. The van der Waals surface area contributed by atoms with Crippen molar-refractivity contribution in [2.45, 2.75) is 13.8 Å². The largest absolute Gasteiger partial charge is 0.264 e. The summed E-state index contributed by atoms with van der Waals surface area (Å²) in [6.45, 7) is 4.14. The molecule has 70 valence electrons. The normalized spacial score (nSPS) is 10.1. The molecule has 2 aromatic rings. The quantitative estimate of drug-likeness (QED) is 0.681. The van der Waals surface area contributed by atoms with Crippen molar-refractivity contribution in [3.05, 3.63) is 47.9 Å². The number of hydrogen-bond acceptors (Lipinski definition) is 2. The Balaban J connectivity index is 2.55. The number of pyridine rings is 2. The predicted octanol–water partition coefficient (Wildman–Crippen LogP) is 2.76. The third kappa shape index (κ3) is 1.64. The summed E-state index contributed by atoms with van der Waals surface area (Å²) in [6, 6.07) is 6.07. The van der Waals surface area contributed by atoms with E-state index in [2.05, 4.69) is 29.9 Å². The Bertz CT molecular complexity index is 450. The molecule has 0 bridgehead atoms. The first kappa shape index (κ1) is 8.88. The highest BCUT2D eigenvalue weighted by Gasteiger charge is 2.02. The summed E-state index contributed by atoms with van der Waals surface area (Å²) < 4.78 is 0. The highest BCUT2D eigenvalue weighted by atomic mass is 14.7. The van der Waals surface area contributed by atoms with Gasteiger partial charge in [-0.15, -0.1) is 0 Å². The van der Waals surface area contributed by atoms with Crippen molar-refractivity contribution in [1.82, 2.24) is 9.97 Å². The fourth-order valence-corrected chi connectivity index (χ4v) is 1.42. The maximum Gasteiger partial charge on any atom is 0.0722 e. The van der Waals surface area contributed by atoms with Crippen molar-refractivity contribution < 1.29 is 0 Å². The van der Waals surface area contributed by atoms with Crippen LogP contribution in [0.4, 0.5) is 0 Å². The Morgan fingerprint density at radius 2 is 1.93 bits per heavy atom. The average Bonchev–Trinajstić information content (AvgIpc) is 2.18. The lowest BCUT2D eigenvalue weighted by atomic mass is 10.1. The fourth-order valence-electron chi connectivity index (χ4n) is 1.42. The van der Waals surface area contributed by atoms with Gasteiger partial charge in [0.05, 0.1) is 5.69 Å². The lowest BCUT2D eigenvalue weighted by molar-refractivity contribution is 1.23. The monoisotopic (exact) mass is 184 g/mol. The first-order valence-electron chi connectivity index (χ1n) is 4.61. The third-order valence-electron chi connectivity index (χ3n) is 2.23. The van der Waals surface area contributed by atoms with E-state index in [1.54, 1.807) is 6.20 Å². The number of nitrogens with zero attached hydrogens (tertiary/aromatic N) is 2. The van der Waals surface area contributed by atoms with Crippen molar-refractivity contribution in [3.8, 4) is 11.3 Å². The van der Waals surface area contributed by atoms with E-state index in [1.165, 1.54) is 11.1 Å². The number of hydrogen-bond donors (Lipinski definition) is 0. The lowest BCUT2D eigenvalue weighted by Crippen LogP contribution is -1.88. The van der Waals surface area contributed by atoms with Crippen molar-refractivity contribution >= 4 is 0 Å². The topological polar surface area (TPSA) is 25.8 Å². The molecule has 2 rings (SSSR count). The fraction of sp³-hybridized carbons (Fsp3) is 0.167. The van der Waals surface area contributed by atoms with Crippen LogP contribution in [0.2, 0.25) is 0 Å². The summed E-state index contributed by atoms with van der Waals surface area (Å²) in [5.41, 5.74) is 4.53. The molecule has 0 aliphatic carbocycles. The van der Waals surface area contributed by atoms with Gasteiger partial charge >= 0.3 is 0 Å². The van der Waals surface area contributed by atoms with Crippen molar-refractivity contribution in [2.75, 3.05) is 0 Å². The van der Waals surface area contributed by atoms with Gasteiger partial charge in [-0.05, 0) is 43.2 Å². The second-order valence-corrected chi connectivity index (χ2v) is 3.41. The second kappa shape index (κ2) is 3.58. The Kier molecular flexibility index (Phi) is 2.27. The van der Waals surface area contributed by atoms with Gasteiger partial charge in [-0.2, -0.15) is 0 Å². The van der Waals surface area contributed by atoms with Crippen LogP contribution in [0.5, 0.6) is 0 Å². The molecule has 0 aliphatic heterocycles. The van der Waals surface area contributed by atoms with Crippen LogP contribution in [-0.2, 0) is 0 Å². The number of aryl methyl sites for hydroxylation is 2. The van der Waals surface area contributed by atoms with E-state index in [1.807, 2.05) is 24.5 Å². The van der Waals surface area contributed by atoms with Gasteiger partial charge in [0.15, 0.2) is 0 Å². The maximum absolute atomic E-state index is 4.33. The van der Waals surface area contributed by atoms with Gasteiger partial charge in [-0.3, -0.25) is 9.97 Å². The van der Waals surface area contributed by atoms with E-state index in [4.69, 9.17) is 0 Å². The van der Waals surface area contributed by atoms with Crippen molar-refractivity contribution in [1.29, 1.82) is 0 Å². The number of aromatic nitrogens is 2. The van der Waals surface area contributed by atoms with Crippen molar-refractivity contribution in [3.63, 3.8) is 0 Å². The van der Waals surface area contributed by atoms with Crippen LogP contribution in [0.15, 0.2) is 36.8 Å². The molecule has 14 heavy (non-hydrogen) atoms. The molecule has 0 spiro atoms. The van der Waals surface area contributed by atoms with Crippen LogP contribution in [-0.4, -0.2) is 9.97 Å². The molecule has 0 aromatic carbocycles. The minimum Gasteiger partial charge on any atom is -0.264 e. The molecule has 0 aliphatic rings. The molecule has 0 saturated carbocycles. The average molecular weight is 184 g/mol. The molecule has 0 amide bonds. The zero-order chi connectivity index (χ0) is 9.97. The van der Waals surface area contributed by atoms with Gasteiger partial charge in [0.2, 0.25) is 0 Å². The third-order valence-corrected chi connectivity index (χ3v) is 2.23. The summed E-state index contributed by atoms with van der Waals surface area (Å²) in [6.07, 6.45) is 5.49. The van der Waals surface area contributed by atoms with E-state index in [0.29, 0.717) is 0 Å². The molecule has 2 heterocycles. The minimum atomic E-state index is 0.996. The summed E-state index contributed by atoms with van der Waals surface area (Å²) >= 11 is 0. The standard InChI is InChI=1S/C12H12N2/c1-9-3-6-14-12(7-9)11-8-13-5-4-10(11)2/h3-8H,1-2H3. The molecule has 2 aromatic heterocycles. The highest BCUT2D eigenvalue weighted by Crippen LogP contribution is 2.19. The lowest BCUT2D eigenvalue weighted by Gasteiger charge is -2.04. The Morgan fingerprint density at radius 1 is 1.07 bits per heavy atom. The van der Waals surface area contributed by atoms with Gasteiger partial charge in [0.1, 0.15) is 0 Å². The molecular weight excluding hydrogens is 172 g/mol. The van der Waals surface area contributed by atoms with Crippen LogP contribution in [0.1, 0.15) is 11.1 Å². The molecule has 0 fully saturated rings. The molecule has 2 heteroatoms. The Hall–Kier alpha value is -1.70. The summed E-state index contributed by atoms with van der Waals surface area (Å²) in [5, 5.41) is 0. The Morgan fingerprint density at radius 3 is 2.64 bits per heavy atom.